The van der Waals surface area contributed by atoms with E-state index in [0.29, 0.717) is 17.1 Å². The molecule has 0 unspecified atom stereocenters. The lowest BCUT2D eigenvalue weighted by atomic mass is 10.0. The number of amides is 1. The summed E-state index contributed by atoms with van der Waals surface area (Å²) in [6, 6.07) is 1.63. The molecule has 1 aliphatic carbocycles. The molecule has 1 aliphatic rings. The number of carboxylic acids is 1. The molecule has 27 heavy (non-hydrogen) atoms. The van der Waals surface area contributed by atoms with Crippen molar-refractivity contribution in [2.24, 2.45) is 0 Å². The zero-order valence-electron chi connectivity index (χ0n) is 16.9. The average molecular weight is 372 g/mol. The molecule has 0 bridgehead atoms. The first-order valence-corrected chi connectivity index (χ1v) is 9.44. The highest BCUT2D eigenvalue weighted by Gasteiger charge is 2.32. The van der Waals surface area contributed by atoms with Gasteiger partial charge in [0.05, 0.1) is 22.2 Å². The minimum absolute atomic E-state index is 0.223. The van der Waals surface area contributed by atoms with Gasteiger partial charge in [0.25, 0.3) is 5.91 Å². The van der Waals surface area contributed by atoms with Crippen molar-refractivity contribution in [3.8, 4) is 0 Å². The summed E-state index contributed by atoms with van der Waals surface area (Å²) >= 11 is 0. The van der Waals surface area contributed by atoms with Crippen molar-refractivity contribution in [3.63, 3.8) is 0 Å². The first-order chi connectivity index (χ1) is 12.5. The van der Waals surface area contributed by atoms with Gasteiger partial charge < -0.3 is 10.0 Å². The molecule has 7 heteroatoms. The van der Waals surface area contributed by atoms with E-state index in [9.17, 15) is 14.7 Å². The normalized spacial score (nSPS) is 14.8. The monoisotopic (exact) mass is 372 g/mol. The fourth-order valence-electron chi connectivity index (χ4n) is 3.32. The van der Waals surface area contributed by atoms with Crippen molar-refractivity contribution in [1.29, 1.82) is 0 Å². The Morgan fingerprint density at radius 3 is 2.44 bits per heavy atom. The zero-order valence-corrected chi connectivity index (χ0v) is 16.9. The van der Waals surface area contributed by atoms with Crippen molar-refractivity contribution in [2.75, 3.05) is 6.54 Å². The number of aryl methyl sites for hydroxylation is 1. The molecule has 2 heterocycles. The first-order valence-electron chi connectivity index (χ1n) is 9.44. The highest BCUT2D eigenvalue weighted by atomic mass is 16.4. The van der Waals surface area contributed by atoms with Gasteiger partial charge in [0, 0.05) is 17.7 Å². The first kappa shape index (κ1) is 19.3. The van der Waals surface area contributed by atoms with Crippen LogP contribution in [0, 0.1) is 6.92 Å². The van der Waals surface area contributed by atoms with Crippen LogP contribution in [-0.2, 0) is 10.3 Å². The molecule has 0 aliphatic heterocycles. The number of rotatable bonds is 5. The summed E-state index contributed by atoms with van der Waals surface area (Å²) in [4.78, 5) is 30.9. The molecule has 7 nitrogen and oxygen atoms in total. The summed E-state index contributed by atoms with van der Waals surface area (Å²) in [5.41, 5.74) is 2.56. The molecule has 0 atom stereocenters. The van der Waals surface area contributed by atoms with E-state index in [1.54, 1.807) is 0 Å². The molecular weight excluding hydrogens is 344 g/mol. The largest absolute Gasteiger partial charge is 0.480 e. The number of carbonyl (C=O) groups is 2. The molecule has 1 N–H and O–H groups in total. The molecule has 1 amide bonds. The van der Waals surface area contributed by atoms with Gasteiger partial charge in [-0.05, 0) is 60.5 Å². The van der Waals surface area contributed by atoms with Gasteiger partial charge in [-0.1, -0.05) is 0 Å². The third-order valence-corrected chi connectivity index (χ3v) is 4.88. The van der Waals surface area contributed by atoms with Gasteiger partial charge in [0.15, 0.2) is 5.65 Å². The number of pyridine rings is 1. The van der Waals surface area contributed by atoms with Crippen molar-refractivity contribution in [1.82, 2.24) is 19.7 Å². The van der Waals surface area contributed by atoms with E-state index in [2.05, 4.69) is 25.9 Å². The quantitative estimate of drug-likeness (QED) is 0.870. The Kier molecular flexibility index (Phi) is 4.74. The molecule has 1 saturated carbocycles. The van der Waals surface area contributed by atoms with Crippen molar-refractivity contribution >= 4 is 22.9 Å². The van der Waals surface area contributed by atoms with Crippen LogP contribution in [-0.4, -0.2) is 49.2 Å². The molecule has 0 saturated heterocycles. The lowest BCUT2D eigenvalue weighted by Crippen LogP contribution is -2.40. The Bertz CT molecular complexity index is 904. The lowest BCUT2D eigenvalue weighted by Gasteiger charge is -2.25. The molecule has 0 aromatic carbocycles. The second kappa shape index (κ2) is 6.62. The smallest absolute Gasteiger partial charge is 0.323 e. The summed E-state index contributed by atoms with van der Waals surface area (Å²) < 4.78 is 1.87. The van der Waals surface area contributed by atoms with E-state index in [4.69, 9.17) is 4.98 Å². The third-order valence-electron chi connectivity index (χ3n) is 4.88. The zero-order chi connectivity index (χ0) is 20.1. The van der Waals surface area contributed by atoms with E-state index in [1.807, 2.05) is 31.5 Å². The highest BCUT2D eigenvalue weighted by Crippen LogP contribution is 2.41. The number of aliphatic carboxylic acids is 1. The van der Waals surface area contributed by atoms with Gasteiger partial charge in [-0.25, -0.2) is 9.67 Å². The van der Waals surface area contributed by atoms with Gasteiger partial charge in [-0.3, -0.25) is 9.59 Å². The third kappa shape index (κ3) is 3.68. The molecule has 2 aromatic heterocycles. The summed E-state index contributed by atoms with van der Waals surface area (Å²) in [6.45, 7) is 11.4. The minimum Gasteiger partial charge on any atom is -0.480 e. The fourth-order valence-corrected chi connectivity index (χ4v) is 3.32. The van der Waals surface area contributed by atoms with E-state index in [0.717, 1.165) is 29.6 Å². The average Bonchev–Trinajstić information content (AvgIpc) is 3.34. The highest BCUT2D eigenvalue weighted by molar-refractivity contribution is 6.07. The number of carboxylic acid groups (broad SMARTS) is 1. The van der Waals surface area contributed by atoms with Gasteiger partial charge in [0.1, 0.15) is 6.54 Å². The predicted octanol–water partition coefficient (Wildman–Crippen LogP) is 3.31. The van der Waals surface area contributed by atoms with Crippen LogP contribution in [0.25, 0.3) is 11.0 Å². The van der Waals surface area contributed by atoms with E-state index in [-0.39, 0.29) is 24.0 Å². The Balaban J connectivity index is 2.23. The summed E-state index contributed by atoms with van der Waals surface area (Å²) in [5, 5.41) is 14.6. The molecule has 1 fully saturated rings. The maximum absolute atomic E-state index is 13.3. The van der Waals surface area contributed by atoms with Gasteiger partial charge in [-0.15, -0.1) is 0 Å². The van der Waals surface area contributed by atoms with Crippen LogP contribution in [0.2, 0.25) is 0 Å². The number of nitrogens with zero attached hydrogens (tertiary/aromatic N) is 4. The fraction of sp³-hybridized carbons (Fsp3) is 0.600. The van der Waals surface area contributed by atoms with Crippen LogP contribution < -0.4 is 0 Å². The van der Waals surface area contributed by atoms with Crippen LogP contribution in [0.15, 0.2) is 6.07 Å². The lowest BCUT2D eigenvalue weighted by molar-refractivity contribution is -0.138. The number of hydrogen-bond acceptors (Lipinski definition) is 4. The number of fused-ring (bicyclic) bond motifs is 1. The van der Waals surface area contributed by atoms with Crippen molar-refractivity contribution in [2.45, 2.75) is 71.9 Å². The van der Waals surface area contributed by atoms with E-state index >= 15 is 0 Å². The SMILES string of the molecule is Cc1nn(C(C)(C)C)c2nc(C3CC3)cc(C(=O)N(CC(=O)O)C(C)C)c12. The van der Waals surface area contributed by atoms with Crippen molar-refractivity contribution < 1.29 is 14.7 Å². The van der Waals surface area contributed by atoms with Gasteiger partial charge in [-0.2, -0.15) is 5.10 Å². The number of carbonyl (C=O) groups excluding carboxylic acids is 1. The Morgan fingerprint density at radius 1 is 1.33 bits per heavy atom. The molecular formula is C20H28N4O3. The van der Waals surface area contributed by atoms with E-state index < -0.39 is 5.97 Å². The summed E-state index contributed by atoms with van der Waals surface area (Å²) in [6.07, 6.45) is 2.13. The minimum atomic E-state index is -1.02. The van der Waals surface area contributed by atoms with Crippen LogP contribution >= 0.6 is 0 Å². The van der Waals surface area contributed by atoms with E-state index in [1.165, 1.54) is 4.90 Å². The molecule has 146 valence electrons. The van der Waals surface area contributed by atoms with Gasteiger partial charge in [0.2, 0.25) is 0 Å². The predicted molar refractivity (Wildman–Crippen MR) is 103 cm³/mol. The molecule has 3 rings (SSSR count). The Labute approximate surface area is 159 Å². The van der Waals surface area contributed by atoms with Crippen molar-refractivity contribution in [3.05, 3.63) is 23.0 Å². The summed E-state index contributed by atoms with van der Waals surface area (Å²) in [5.74, 6) is -0.929. The molecule has 2 aromatic rings. The number of aromatic nitrogens is 3. The van der Waals surface area contributed by atoms with Crippen LogP contribution in [0.1, 0.15) is 75.1 Å². The maximum Gasteiger partial charge on any atom is 0.323 e. The summed E-state index contributed by atoms with van der Waals surface area (Å²) in [7, 11) is 0. The van der Waals surface area contributed by atoms with Gasteiger partial charge >= 0.3 is 5.97 Å². The standard InChI is InChI=1S/C20H28N4O3/c1-11(2)23(10-16(25)26)19(27)14-9-15(13-7-8-13)21-18-17(14)12(3)22-24(18)20(4,5)6/h9,11,13H,7-8,10H2,1-6H3,(H,25,26). The van der Waals surface area contributed by atoms with Crippen LogP contribution in [0.3, 0.4) is 0 Å². The Hall–Kier alpha value is -2.44. The topological polar surface area (TPSA) is 88.3 Å². The Morgan fingerprint density at radius 2 is 1.96 bits per heavy atom. The maximum atomic E-state index is 13.3. The van der Waals surface area contributed by atoms with Crippen LogP contribution in [0.5, 0.6) is 0 Å². The molecule has 0 spiro atoms. The second-order valence-corrected chi connectivity index (χ2v) is 8.66. The second-order valence-electron chi connectivity index (χ2n) is 8.66. The van der Waals surface area contributed by atoms with Crippen LogP contribution in [0.4, 0.5) is 0 Å². The molecule has 0 radical (unpaired) electrons. The number of hydrogen-bond donors (Lipinski definition) is 1.